The minimum atomic E-state index is 0.326. The van der Waals surface area contributed by atoms with Crippen LogP contribution in [-0.2, 0) is 0 Å². The summed E-state index contributed by atoms with van der Waals surface area (Å²) >= 11 is 0. The van der Waals surface area contributed by atoms with E-state index in [1.54, 1.807) is 0 Å². The highest BCUT2D eigenvalue weighted by atomic mass is 14.7. The van der Waals surface area contributed by atoms with Crippen molar-refractivity contribution in [3.8, 4) is 0 Å². The van der Waals surface area contributed by atoms with Gasteiger partial charge in [0.25, 0.3) is 0 Å². The molecule has 0 saturated carbocycles. The van der Waals surface area contributed by atoms with Crippen molar-refractivity contribution >= 4 is 0 Å². The highest BCUT2D eigenvalue weighted by Gasteiger charge is 2.09. The maximum absolute atomic E-state index is 6.16. The topological polar surface area (TPSA) is 52.0 Å². The summed E-state index contributed by atoms with van der Waals surface area (Å²) in [6.07, 6.45) is 16.7. The van der Waals surface area contributed by atoms with E-state index in [0.29, 0.717) is 12.1 Å². The highest BCUT2D eigenvalue weighted by Crippen LogP contribution is 2.12. The zero-order valence-corrected chi connectivity index (χ0v) is 13.5. The first kappa shape index (κ1) is 18.9. The van der Waals surface area contributed by atoms with Crippen molar-refractivity contribution in [3.63, 3.8) is 0 Å². The third-order valence-corrected chi connectivity index (χ3v) is 3.96. The van der Waals surface area contributed by atoms with Gasteiger partial charge < -0.3 is 11.5 Å². The Labute approximate surface area is 121 Å². The van der Waals surface area contributed by atoms with Crippen LogP contribution in [0.15, 0.2) is 0 Å². The molecular formula is C17H38N2. The molecule has 0 bridgehead atoms. The molecule has 2 heteroatoms. The summed E-state index contributed by atoms with van der Waals surface area (Å²) < 4.78 is 0. The van der Waals surface area contributed by atoms with Crippen LogP contribution in [0.25, 0.3) is 0 Å². The Bertz CT molecular complexity index is 153. The van der Waals surface area contributed by atoms with Gasteiger partial charge in [0, 0.05) is 12.1 Å². The summed E-state index contributed by atoms with van der Waals surface area (Å²) in [4.78, 5) is 0. The Balaban J connectivity index is 3.34. The molecule has 2 nitrogen and oxygen atoms in total. The lowest BCUT2D eigenvalue weighted by Crippen LogP contribution is -2.31. The van der Waals surface area contributed by atoms with Crippen LogP contribution in [0.5, 0.6) is 0 Å². The lowest BCUT2D eigenvalue weighted by molar-refractivity contribution is 0.442. The Morgan fingerprint density at radius 1 is 0.579 bits per heavy atom. The van der Waals surface area contributed by atoms with E-state index < -0.39 is 0 Å². The standard InChI is InChI=1S/C17H38N2/c1-3-5-7-9-11-13-16(18)15-17(19)14-12-10-8-6-4-2/h16-17H,3-15,18-19H2,1-2H3. The number of nitrogens with two attached hydrogens (primary N) is 2. The van der Waals surface area contributed by atoms with Crippen LogP contribution in [0.1, 0.15) is 97.3 Å². The Kier molecular flexibility index (Phi) is 14.3. The van der Waals surface area contributed by atoms with Crippen LogP contribution >= 0.6 is 0 Å². The van der Waals surface area contributed by atoms with Gasteiger partial charge in [-0.15, -0.1) is 0 Å². The van der Waals surface area contributed by atoms with Gasteiger partial charge in [-0.05, 0) is 19.3 Å². The fourth-order valence-electron chi connectivity index (χ4n) is 2.64. The second-order valence-electron chi connectivity index (χ2n) is 6.16. The number of hydrogen-bond donors (Lipinski definition) is 2. The normalized spacial score (nSPS) is 14.5. The van der Waals surface area contributed by atoms with Crippen LogP contribution in [0.3, 0.4) is 0 Å². The Morgan fingerprint density at radius 2 is 0.947 bits per heavy atom. The lowest BCUT2D eigenvalue weighted by Gasteiger charge is -2.17. The van der Waals surface area contributed by atoms with Crippen LogP contribution in [0, 0.1) is 0 Å². The lowest BCUT2D eigenvalue weighted by atomic mass is 9.98. The molecule has 0 aliphatic carbocycles. The van der Waals surface area contributed by atoms with E-state index in [1.807, 2.05) is 0 Å². The average molecular weight is 271 g/mol. The van der Waals surface area contributed by atoms with Gasteiger partial charge in [0.05, 0.1) is 0 Å². The molecule has 0 saturated heterocycles. The fourth-order valence-corrected chi connectivity index (χ4v) is 2.64. The van der Waals surface area contributed by atoms with E-state index in [4.69, 9.17) is 11.5 Å². The Morgan fingerprint density at radius 3 is 1.32 bits per heavy atom. The molecule has 19 heavy (non-hydrogen) atoms. The summed E-state index contributed by atoms with van der Waals surface area (Å²) in [5.41, 5.74) is 12.3. The molecule has 0 aromatic heterocycles. The fraction of sp³-hybridized carbons (Fsp3) is 1.00. The molecule has 116 valence electrons. The van der Waals surface area contributed by atoms with Gasteiger partial charge in [-0.2, -0.15) is 0 Å². The van der Waals surface area contributed by atoms with Crippen molar-refractivity contribution < 1.29 is 0 Å². The van der Waals surface area contributed by atoms with Gasteiger partial charge in [-0.3, -0.25) is 0 Å². The molecule has 0 rings (SSSR count). The van der Waals surface area contributed by atoms with E-state index in [1.165, 1.54) is 64.2 Å². The average Bonchev–Trinajstić information content (AvgIpc) is 2.38. The van der Waals surface area contributed by atoms with Gasteiger partial charge in [0.15, 0.2) is 0 Å². The van der Waals surface area contributed by atoms with E-state index in [2.05, 4.69) is 13.8 Å². The number of rotatable bonds is 14. The van der Waals surface area contributed by atoms with Crippen LogP contribution in [-0.4, -0.2) is 12.1 Å². The highest BCUT2D eigenvalue weighted by molar-refractivity contribution is 4.71. The van der Waals surface area contributed by atoms with Gasteiger partial charge in [0.1, 0.15) is 0 Å². The zero-order valence-electron chi connectivity index (χ0n) is 13.5. The predicted molar refractivity (Wildman–Crippen MR) is 87.3 cm³/mol. The van der Waals surface area contributed by atoms with E-state index in [0.717, 1.165) is 19.3 Å². The van der Waals surface area contributed by atoms with Crippen molar-refractivity contribution in [3.05, 3.63) is 0 Å². The van der Waals surface area contributed by atoms with Crippen LogP contribution < -0.4 is 11.5 Å². The zero-order chi connectivity index (χ0) is 14.3. The van der Waals surface area contributed by atoms with Crippen molar-refractivity contribution in [2.75, 3.05) is 0 Å². The summed E-state index contributed by atoms with van der Waals surface area (Å²) in [6, 6.07) is 0.652. The minimum absolute atomic E-state index is 0.326. The molecule has 0 amide bonds. The first-order chi connectivity index (χ1) is 9.20. The van der Waals surface area contributed by atoms with Gasteiger partial charge in [-0.1, -0.05) is 78.1 Å². The first-order valence-electron chi connectivity index (χ1n) is 8.71. The molecule has 0 spiro atoms. The SMILES string of the molecule is CCCCCCCC(N)CC(N)CCCCCCC. The quantitative estimate of drug-likeness (QED) is 0.447. The molecule has 0 aliphatic heterocycles. The molecule has 2 atom stereocenters. The molecule has 0 aromatic carbocycles. The summed E-state index contributed by atoms with van der Waals surface area (Å²) in [5.74, 6) is 0. The van der Waals surface area contributed by atoms with Gasteiger partial charge in [0.2, 0.25) is 0 Å². The van der Waals surface area contributed by atoms with E-state index in [9.17, 15) is 0 Å². The maximum atomic E-state index is 6.16. The summed E-state index contributed by atoms with van der Waals surface area (Å²) in [7, 11) is 0. The molecular weight excluding hydrogens is 232 g/mol. The molecule has 4 N–H and O–H groups in total. The van der Waals surface area contributed by atoms with Crippen LogP contribution in [0.2, 0.25) is 0 Å². The largest absolute Gasteiger partial charge is 0.328 e. The monoisotopic (exact) mass is 270 g/mol. The first-order valence-corrected chi connectivity index (χ1v) is 8.71. The molecule has 2 unspecified atom stereocenters. The molecule has 0 heterocycles. The third kappa shape index (κ3) is 14.1. The molecule has 0 radical (unpaired) electrons. The smallest absolute Gasteiger partial charge is 0.00535 e. The van der Waals surface area contributed by atoms with Crippen molar-refractivity contribution in [2.24, 2.45) is 11.5 Å². The number of unbranched alkanes of at least 4 members (excludes halogenated alkanes) is 8. The van der Waals surface area contributed by atoms with Crippen molar-refractivity contribution in [2.45, 2.75) is 109 Å². The third-order valence-electron chi connectivity index (χ3n) is 3.96. The minimum Gasteiger partial charge on any atom is -0.328 e. The predicted octanol–water partition coefficient (Wildman–Crippen LogP) is 4.75. The molecule has 0 fully saturated rings. The number of hydrogen-bond acceptors (Lipinski definition) is 2. The molecule has 0 aliphatic rings. The van der Waals surface area contributed by atoms with Crippen molar-refractivity contribution in [1.82, 2.24) is 0 Å². The van der Waals surface area contributed by atoms with Gasteiger partial charge in [-0.25, -0.2) is 0 Å². The molecule has 0 aromatic rings. The Hall–Kier alpha value is -0.0800. The van der Waals surface area contributed by atoms with Crippen molar-refractivity contribution in [1.29, 1.82) is 0 Å². The second-order valence-corrected chi connectivity index (χ2v) is 6.16. The van der Waals surface area contributed by atoms with Gasteiger partial charge >= 0.3 is 0 Å². The maximum Gasteiger partial charge on any atom is 0.00535 e. The van der Waals surface area contributed by atoms with Crippen LogP contribution in [0.4, 0.5) is 0 Å². The second kappa shape index (κ2) is 14.3. The van der Waals surface area contributed by atoms with E-state index in [-0.39, 0.29) is 0 Å². The summed E-state index contributed by atoms with van der Waals surface area (Å²) in [6.45, 7) is 4.51. The summed E-state index contributed by atoms with van der Waals surface area (Å²) in [5, 5.41) is 0. The van der Waals surface area contributed by atoms with E-state index >= 15 is 0 Å².